The van der Waals surface area contributed by atoms with Gasteiger partial charge in [0.1, 0.15) is 0 Å². The van der Waals surface area contributed by atoms with E-state index >= 15 is 0 Å². The lowest BCUT2D eigenvalue weighted by molar-refractivity contribution is -0.139. The quantitative estimate of drug-likeness (QED) is 0.725. The molecule has 2 amide bonds. The van der Waals surface area contributed by atoms with Crippen LogP contribution in [0.5, 0.6) is 0 Å². The van der Waals surface area contributed by atoms with Crippen LogP contribution in [0, 0.1) is 5.92 Å². The van der Waals surface area contributed by atoms with Crippen LogP contribution >= 0.6 is 0 Å². The Bertz CT molecular complexity index is 631. The summed E-state index contributed by atoms with van der Waals surface area (Å²) in [6.45, 7) is 4.71. The van der Waals surface area contributed by atoms with Crippen LogP contribution in [0.2, 0.25) is 0 Å². The minimum absolute atomic E-state index is 0.0270. The van der Waals surface area contributed by atoms with Crippen LogP contribution in [-0.4, -0.2) is 83.5 Å². The van der Waals surface area contributed by atoms with E-state index in [1.54, 1.807) is 0 Å². The first-order chi connectivity index (χ1) is 13.1. The van der Waals surface area contributed by atoms with Crippen LogP contribution in [0.25, 0.3) is 0 Å². The number of hydrogen-bond acceptors (Lipinski definition) is 5. The van der Waals surface area contributed by atoms with E-state index in [4.69, 9.17) is 5.73 Å². The Labute approximate surface area is 160 Å². The summed E-state index contributed by atoms with van der Waals surface area (Å²) < 4.78 is 0. The van der Waals surface area contributed by atoms with E-state index < -0.39 is 0 Å². The van der Waals surface area contributed by atoms with Crippen molar-refractivity contribution in [2.24, 2.45) is 11.7 Å². The number of aliphatic hydroxyl groups excluding tert-OH is 1. The predicted molar refractivity (Wildman–Crippen MR) is 103 cm³/mol. The lowest BCUT2D eigenvalue weighted by atomic mass is 9.96. The van der Waals surface area contributed by atoms with Crippen LogP contribution in [-0.2, 0) is 16.1 Å². The van der Waals surface area contributed by atoms with Crippen molar-refractivity contribution in [2.45, 2.75) is 25.4 Å². The first-order valence-corrected chi connectivity index (χ1v) is 9.75. The van der Waals surface area contributed by atoms with E-state index in [2.05, 4.69) is 21.9 Å². The summed E-state index contributed by atoms with van der Waals surface area (Å²) in [4.78, 5) is 30.3. The van der Waals surface area contributed by atoms with E-state index in [-0.39, 0.29) is 30.4 Å². The SMILES string of the molecule is NC(=O)C1CCN(CC(=O)N2CCN(Cc3ccccc3)CC2CO)CC1. The average Bonchev–Trinajstić information content (AvgIpc) is 2.69. The summed E-state index contributed by atoms with van der Waals surface area (Å²) in [7, 11) is 0. The number of hydrogen-bond donors (Lipinski definition) is 2. The first kappa shape index (κ1) is 19.8. The lowest BCUT2D eigenvalue weighted by Gasteiger charge is -2.42. The summed E-state index contributed by atoms with van der Waals surface area (Å²) in [5.41, 5.74) is 6.61. The van der Waals surface area contributed by atoms with Gasteiger partial charge in [-0.3, -0.25) is 19.4 Å². The molecule has 0 aliphatic carbocycles. The summed E-state index contributed by atoms with van der Waals surface area (Å²) in [5.74, 6) is -0.245. The molecule has 7 heteroatoms. The molecular weight excluding hydrogens is 344 g/mol. The number of amides is 2. The molecule has 2 aliphatic heterocycles. The molecule has 3 N–H and O–H groups in total. The standard InChI is InChI=1S/C20H30N4O3/c21-20(27)17-6-8-22(9-7-17)14-19(26)24-11-10-23(13-18(24)15-25)12-16-4-2-1-3-5-16/h1-5,17-18,25H,6-15H2,(H2,21,27). The van der Waals surface area contributed by atoms with Crippen molar-refractivity contribution < 1.29 is 14.7 Å². The molecule has 2 fully saturated rings. The lowest BCUT2D eigenvalue weighted by Crippen LogP contribution is -2.58. The van der Waals surface area contributed by atoms with Crippen LogP contribution in [0.1, 0.15) is 18.4 Å². The van der Waals surface area contributed by atoms with Crippen LogP contribution in [0.4, 0.5) is 0 Å². The zero-order valence-electron chi connectivity index (χ0n) is 15.8. The Morgan fingerprint density at radius 2 is 1.74 bits per heavy atom. The number of nitrogens with zero attached hydrogens (tertiary/aromatic N) is 3. The molecule has 0 saturated carbocycles. The summed E-state index contributed by atoms with van der Waals surface area (Å²) in [6.07, 6.45) is 1.44. The Kier molecular flexibility index (Phi) is 6.82. The van der Waals surface area contributed by atoms with Gasteiger partial charge in [0.2, 0.25) is 11.8 Å². The number of nitrogens with two attached hydrogens (primary N) is 1. The molecule has 1 unspecified atom stereocenters. The van der Waals surface area contributed by atoms with Crippen molar-refractivity contribution in [1.82, 2.24) is 14.7 Å². The molecule has 2 aliphatic rings. The van der Waals surface area contributed by atoms with Crippen molar-refractivity contribution in [1.29, 1.82) is 0 Å². The van der Waals surface area contributed by atoms with Crippen molar-refractivity contribution in [3.05, 3.63) is 35.9 Å². The molecule has 148 valence electrons. The van der Waals surface area contributed by atoms with Crippen molar-refractivity contribution >= 4 is 11.8 Å². The van der Waals surface area contributed by atoms with E-state index in [0.29, 0.717) is 19.6 Å². The minimum atomic E-state index is -0.240. The van der Waals surface area contributed by atoms with Crippen LogP contribution in [0.3, 0.4) is 0 Å². The fourth-order valence-corrected chi connectivity index (χ4v) is 4.05. The summed E-state index contributed by atoms with van der Waals surface area (Å²) in [5, 5.41) is 9.81. The highest BCUT2D eigenvalue weighted by molar-refractivity contribution is 5.79. The van der Waals surface area contributed by atoms with Gasteiger partial charge in [-0.2, -0.15) is 0 Å². The largest absolute Gasteiger partial charge is 0.394 e. The molecule has 1 atom stereocenters. The number of primary amides is 1. The second kappa shape index (κ2) is 9.30. The number of carbonyl (C=O) groups is 2. The molecule has 0 bridgehead atoms. The fourth-order valence-electron chi connectivity index (χ4n) is 4.05. The number of rotatable bonds is 6. The van der Waals surface area contributed by atoms with E-state index in [1.165, 1.54) is 5.56 Å². The monoisotopic (exact) mass is 374 g/mol. The van der Waals surface area contributed by atoms with Crippen LogP contribution < -0.4 is 5.73 Å². The third kappa shape index (κ3) is 5.28. The zero-order valence-corrected chi connectivity index (χ0v) is 15.8. The highest BCUT2D eigenvalue weighted by Crippen LogP contribution is 2.18. The average molecular weight is 374 g/mol. The highest BCUT2D eigenvalue weighted by atomic mass is 16.3. The van der Waals surface area contributed by atoms with Crippen molar-refractivity contribution in [2.75, 3.05) is 45.9 Å². The number of aliphatic hydroxyl groups is 1. The molecule has 3 rings (SSSR count). The molecule has 27 heavy (non-hydrogen) atoms. The van der Waals surface area contributed by atoms with Gasteiger partial charge >= 0.3 is 0 Å². The molecule has 2 heterocycles. The van der Waals surface area contributed by atoms with Crippen molar-refractivity contribution in [3.63, 3.8) is 0 Å². The van der Waals surface area contributed by atoms with Crippen molar-refractivity contribution in [3.8, 4) is 0 Å². The molecule has 7 nitrogen and oxygen atoms in total. The third-order valence-electron chi connectivity index (χ3n) is 5.70. The second-order valence-corrected chi connectivity index (χ2v) is 7.60. The molecule has 1 aromatic carbocycles. The minimum Gasteiger partial charge on any atom is -0.394 e. The maximum atomic E-state index is 12.8. The molecule has 0 radical (unpaired) electrons. The topological polar surface area (TPSA) is 90.1 Å². The van der Waals surface area contributed by atoms with Gasteiger partial charge in [0, 0.05) is 32.1 Å². The van der Waals surface area contributed by atoms with E-state index in [0.717, 1.165) is 39.0 Å². The Balaban J connectivity index is 1.50. The van der Waals surface area contributed by atoms with Gasteiger partial charge in [-0.05, 0) is 31.5 Å². The number of piperazine rings is 1. The van der Waals surface area contributed by atoms with Gasteiger partial charge in [0.15, 0.2) is 0 Å². The number of benzene rings is 1. The van der Waals surface area contributed by atoms with Gasteiger partial charge in [-0.25, -0.2) is 0 Å². The van der Waals surface area contributed by atoms with Gasteiger partial charge in [0.05, 0.1) is 19.2 Å². The summed E-state index contributed by atoms with van der Waals surface area (Å²) >= 11 is 0. The molecule has 1 aromatic rings. The van der Waals surface area contributed by atoms with Gasteiger partial charge in [-0.15, -0.1) is 0 Å². The van der Waals surface area contributed by atoms with E-state index in [9.17, 15) is 14.7 Å². The number of likely N-dealkylation sites (tertiary alicyclic amines) is 1. The second-order valence-electron chi connectivity index (χ2n) is 7.60. The Morgan fingerprint density at radius 1 is 1.04 bits per heavy atom. The van der Waals surface area contributed by atoms with Gasteiger partial charge < -0.3 is 15.7 Å². The van der Waals surface area contributed by atoms with E-state index in [1.807, 2.05) is 23.1 Å². The maximum absolute atomic E-state index is 12.8. The molecular formula is C20H30N4O3. The Morgan fingerprint density at radius 3 is 2.37 bits per heavy atom. The van der Waals surface area contributed by atoms with Crippen LogP contribution in [0.15, 0.2) is 30.3 Å². The fraction of sp³-hybridized carbons (Fsp3) is 0.600. The summed E-state index contributed by atoms with van der Waals surface area (Å²) in [6, 6.07) is 10.1. The zero-order chi connectivity index (χ0) is 19.2. The molecule has 0 spiro atoms. The first-order valence-electron chi connectivity index (χ1n) is 9.75. The Hall–Kier alpha value is -1.96. The number of carbonyl (C=O) groups excluding carboxylic acids is 2. The highest BCUT2D eigenvalue weighted by Gasteiger charge is 2.32. The van der Waals surface area contributed by atoms with Gasteiger partial charge in [0.25, 0.3) is 0 Å². The predicted octanol–water partition coefficient (Wildman–Crippen LogP) is -0.111. The van der Waals surface area contributed by atoms with Gasteiger partial charge in [-0.1, -0.05) is 30.3 Å². The third-order valence-corrected chi connectivity index (χ3v) is 5.70. The number of piperidine rings is 1. The normalized spacial score (nSPS) is 22.7. The molecule has 0 aromatic heterocycles. The maximum Gasteiger partial charge on any atom is 0.237 e. The smallest absolute Gasteiger partial charge is 0.237 e. The molecule has 2 saturated heterocycles.